The molecule has 1 atom stereocenters. The average Bonchev–Trinajstić information content (AvgIpc) is 2.52. The maximum absolute atomic E-state index is 6.13. The van der Waals surface area contributed by atoms with Gasteiger partial charge in [0.25, 0.3) is 0 Å². The van der Waals surface area contributed by atoms with E-state index in [9.17, 15) is 0 Å². The summed E-state index contributed by atoms with van der Waals surface area (Å²) in [6.45, 7) is 4.15. The second kappa shape index (κ2) is 6.29. The van der Waals surface area contributed by atoms with Crippen LogP contribution in [0.5, 0.6) is 0 Å². The number of anilines is 1. The third-order valence-electron chi connectivity index (χ3n) is 3.78. The van der Waals surface area contributed by atoms with Gasteiger partial charge in [-0.1, -0.05) is 48.0 Å². The Morgan fingerprint density at radius 3 is 2.68 bits per heavy atom. The minimum Gasteiger partial charge on any atom is -0.361 e. The number of halogens is 1. The van der Waals surface area contributed by atoms with Gasteiger partial charge < -0.3 is 10.6 Å². The van der Waals surface area contributed by atoms with E-state index in [0.29, 0.717) is 0 Å². The van der Waals surface area contributed by atoms with Crippen molar-refractivity contribution in [1.82, 2.24) is 5.32 Å². The zero-order valence-corrected chi connectivity index (χ0v) is 13.5. The molecule has 0 bridgehead atoms. The predicted octanol–water partition coefficient (Wildman–Crippen LogP) is 5.28. The fourth-order valence-corrected chi connectivity index (χ4v) is 2.94. The zero-order valence-electron chi connectivity index (χ0n) is 12.7. The molecule has 2 aromatic carbocycles. The second-order valence-corrected chi connectivity index (χ2v) is 5.82. The highest BCUT2D eigenvalue weighted by molar-refractivity contribution is 6.30. The number of benzene rings is 2. The number of aryl methyl sites for hydroxylation is 1. The smallest absolute Gasteiger partial charge is 0.123 e. The molecule has 0 radical (unpaired) electrons. The number of nitrogens with one attached hydrogen (secondary N) is 2. The highest BCUT2D eigenvalue weighted by atomic mass is 35.5. The molecule has 1 heterocycles. The summed E-state index contributed by atoms with van der Waals surface area (Å²) in [7, 11) is 0. The van der Waals surface area contributed by atoms with Gasteiger partial charge in [-0.3, -0.25) is 0 Å². The molecular weight excluding hydrogens is 292 g/mol. The van der Waals surface area contributed by atoms with Crippen LogP contribution in [0.4, 0.5) is 5.69 Å². The molecule has 1 aliphatic heterocycles. The van der Waals surface area contributed by atoms with E-state index in [0.717, 1.165) is 22.0 Å². The van der Waals surface area contributed by atoms with Gasteiger partial charge in [-0.15, -0.1) is 0 Å². The van der Waals surface area contributed by atoms with Crippen molar-refractivity contribution in [2.24, 2.45) is 0 Å². The summed E-state index contributed by atoms with van der Waals surface area (Å²) in [6.07, 6.45) is 6.20. The molecule has 1 aliphatic rings. The molecule has 0 spiro atoms. The molecule has 2 N–H and O–H groups in total. The summed E-state index contributed by atoms with van der Waals surface area (Å²) in [4.78, 5) is 0. The van der Waals surface area contributed by atoms with E-state index >= 15 is 0 Å². The molecule has 0 saturated carbocycles. The zero-order chi connectivity index (χ0) is 15.5. The van der Waals surface area contributed by atoms with E-state index in [2.05, 4.69) is 54.0 Å². The number of hydrogen-bond donors (Lipinski definition) is 2. The number of rotatable bonds is 2. The van der Waals surface area contributed by atoms with Crippen molar-refractivity contribution in [1.29, 1.82) is 0 Å². The van der Waals surface area contributed by atoms with Gasteiger partial charge in [0.2, 0.25) is 0 Å². The van der Waals surface area contributed by atoms with Crippen molar-refractivity contribution in [3.63, 3.8) is 0 Å². The Morgan fingerprint density at radius 2 is 1.91 bits per heavy atom. The molecule has 22 heavy (non-hydrogen) atoms. The predicted molar refractivity (Wildman–Crippen MR) is 94.9 cm³/mol. The van der Waals surface area contributed by atoms with Gasteiger partial charge in [0.1, 0.15) is 6.17 Å². The number of hydrogen-bond acceptors (Lipinski definition) is 2. The Hall–Kier alpha value is -2.19. The lowest BCUT2D eigenvalue weighted by atomic mass is 9.98. The lowest BCUT2D eigenvalue weighted by Crippen LogP contribution is -2.32. The first-order valence-electron chi connectivity index (χ1n) is 7.40. The Balaban J connectivity index is 2.05. The van der Waals surface area contributed by atoms with Crippen LogP contribution in [0.25, 0.3) is 5.70 Å². The van der Waals surface area contributed by atoms with Gasteiger partial charge >= 0.3 is 0 Å². The van der Waals surface area contributed by atoms with E-state index in [-0.39, 0.29) is 6.17 Å². The first kappa shape index (κ1) is 14.7. The third-order valence-corrected chi connectivity index (χ3v) is 4.01. The van der Waals surface area contributed by atoms with Gasteiger partial charge in [0.15, 0.2) is 0 Å². The molecule has 2 aromatic rings. The van der Waals surface area contributed by atoms with Crippen molar-refractivity contribution in [2.45, 2.75) is 20.0 Å². The molecule has 0 aromatic heterocycles. The normalized spacial score (nSPS) is 18.9. The van der Waals surface area contributed by atoms with Gasteiger partial charge in [0, 0.05) is 22.0 Å². The maximum Gasteiger partial charge on any atom is 0.123 e. The standard InChI is InChI=1S/C19H19ClN2/c1-3-4-10-16-18-13(2)7-5-11-17(18)22-19(21-16)14-8-6-9-15(20)12-14/h3-12,19,21-22H,1-2H3/b4-3-,16-10+. The largest absolute Gasteiger partial charge is 0.361 e. The Morgan fingerprint density at radius 1 is 1.09 bits per heavy atom. The fraction of sp³-hybridized carbons (Fsp3) is 0.158. The SMILES string of the molecule is C/C=C\C=C1\NC(c2cccc(Cl)c2)Nc2cccc(C)c21. The van der Waals surface area contributed by atoms with Gasteiger partial charge in [-0.05, 0) is 49.2 Å². The summed E-state index contributed by atoms with van der Waals surface area (Å²) in [5.41, 5.74) is 5.84. The lowest BCUT2D eigenvalue weighted by molar-refractivity contribution is 0.701. The Kier molecular flexibility index (Phi) is 4.21. The van der Waals surface area contributed by atoms with Crippen molar-refractivity contribution >= 4 is 23.0 Å². The molecule has 0 fully saturated rings. The first-order valence-corrected chi connectivity index (χ1v) is 7.78. The van der Waals surface area contributed by atoms with Crippen LogP contribution in [0.1, 0.15) is 29.8 Å². The third kappa shape index (κ3) is 2.88. The van der Waals surface area contributed by atoms with Gasteiger partial charge in [-0.2, -0.15) is 0 Å². The summed E-state index contributed by atoms with van der Waals surface area (Å²) >= 11 is 6.13. The molecule has 2 nitrogen and oxygen atoms in total. The minimum absolute atomic E-state index is 0.00417. The number of fused-ring (bicyclic) bond motifs is 1. The molecule has 1 unspecified atom stereocenters. The average molecular weight is 311 g/mol. The molecule has 3 rings (SSSR count). The topological polar surface area (TPSA) is 24.1 Å². The van der Waals surface area contributed by atoms with E-state index in [1.54, 1.807) is 0 Å². The highest BCUT2D eigenvalue weighted by Gasteiger charge is 2.22. The fourth-order valence-electron chi connectivity index (χ4n) is 2.74. The molecular formula is C19H19ClN2. The van der Waals surface area contributed by atoms with Crippen LogP contribution in [0.15, 0.2) is 60.7 Å². The molecule has 112 valence electrons. The van der Waals surface area contributed by atoms with Crippen molar-refractivity contribution < 1.29 is 0 Å². The number of allylic oxidation sites excluding steroid dienone is 3. The molecule has 0 saturated heterocycles. The summed E-state index contributed by atoms with van der Waals surface area (Å²) < 4.78 is 0. The maximum atomic E-state index is 6.13. The van der Waals surface area contributed by atoms with Crippen LogP contribution >= 0.6 is 11.6 Å². The van der Waals surface area contributed by atoms with Gasteiger partial charge in [0.05, 0.1) is 0 Å². The van der Waals surface area contributed by atoms with Crippen molar-refractivity contribution in [2.75, 3.05) is 5.32 Å². The van der Waals surface area contributed by atoms with E-state index in [1.807, 2.05) is 31.2 Å². The first-order chi connectivity index (χ1) is 10.7. The van der Waals surface area contributed by atoms with Crippen LogP contribution in [0, 0.1) is 6.92 Å². The monoisotopic (exact) mass is 310 g/mol. The summed E-state index contributed by atoms with van der Waals surface area (Å²) in [5, 5.41) is 7.87. The van der Waals surface area contributed by atoms with Gasteiger partial charge in [-0.25, -0.2) is 0 Å². The Bertz CT molecular complexity index is 747. The van der Waals surface area contributed by atoms with E-state index in [1.165, 1.54) is 11.1 Å². The van der Waals surface area contributed by atoms with Crippen LogP contribution in [-0.2, 0) is 0 Å². The molecule has 3 heteroatoms. The second-order valence-electron chi connectivity index (χ2n) is 5.38. The summed E-state index contributed by atoms with van der Waals surface area (Å²) in [5.74, 6) is 0. The van der Waals surface area contributed by atoms with E-state index < -0.39 is 0 Å². The minimum atomic E-state index is 0.00417. The van der Waals surface area contributed by atoms with E-state index in [4.69, 9.17) is 11.6 Å². The Labute approximate surface area is 136 Å². The highest BCUT2D eigenvalue weighted by Crippen LogP contribution is 2.34. The van der Waals surface area contributed by atoms with Crippen LogP contribution in [-0.4, -0.2) is 0 Å². The summed E-state index contributed by atoms with van der Waals surface area (Å²) in [6, 6.07) is 14.3. The van der Waals surface area contributed by atoms with Crippen molar-refractivity contribution in [3.8, 4) is 0 Å². The van der Waals surface area contributed by atoms with Crippen LogP contribution in [0.3, 0.4) is 0 Å². The quantitative estimate of drug-likeness (QED) is 0.788. The van der Waals surface area contributed by atoms with Crippen LogP contribution < -0.4 is 10.6 Å². The van der Waals surface area contributed by atoms with Crippen molar-refractivity contribution in [3.05, 3.63) is 82.4 Å². The molecule has 0 amide bonds. The van der Waals surface area contributed by atoms with Crippen LogP contribution in [0.2, 0.25) is 5.02 Å². The lowest BCUT2D eigenvalue weighted by Gasteiger charge is -2.32. The molecule has 0 aliphatic carbocycles.